The fraction of sp³-hybridized carbons (Fsp3) is 0.357. The highest BCUT2D eigenvalue weighted by Gasteiger charge is 2.12. The molecule has 20 heavy (non-hydrogen) atoms. The molecule has 1 amide bonds. The van der Waals surface area contributed by atoms with Crippen LogP contribution in [0.5, 0.6) is 0 Å². The number of ether oxygens (including phenoxy) is 2. The number of benzene rings is 1. The maximum Gasteiger partial charge on any atom is 0.267 e. The maximum absolute atomic E-state index is 12.1. The Hall–Kier alpha value is -2.05. The van der Waals surface area contributed by atoms with E-state index in [-0.39, 0.29) is 12.0 Å². The van der Waals surface area contributed by atoms with Gasteiger partial charge in [-0.2, -0.15) is 0 Å². The Morgan fingerprint density at radius 2 is 2.20 bits per heavy atom. The molecule has 1 heterocycles. The summed E-state index contributed by atoms with van der Waals surface area (Å²) in [4.78, 5) is 15.1. The van der Waals surface area contributed by atoms with E-state index in [4.69, 9.17) is 15.2 Å². The number of hydrogen-bond donors (Lipinski definition) is 3. The number of hydrogen-bond acceptors (Lipinski definition) is 4. The molecule has 108 valence electrons. The van der Waals surface area contributed by atoms with E-state index < -0.39 is 0 Å². The van der Waals surface area contributed by atoms with Crippen molar-refractivity contribution in [3.8, 4) is 0 Å². The number of anilines is 1. The van der Waals surface area contributed by atoms with Gasteiger partial charge in [0.1, 0.15) is 5.69 Å². The Morgan fingerprint density at radius 3 is 2.90 bits per heavy atom. The molecular formula is C14H19N3O3. The van der Waals surface area contributed by atoms with Crippen LogP contribution in [0.2, 0.25) is 0 Å². The minimum Gasteiger partial charge on any atom is -0.399 e. The van der Waals surface area contributed by atoms with Crippen molar-refractivity contribution in [2.75, 3.05) is 33.1 Å². The number of carbonyl (C=O) groups is 1. The highest BCUT2D eigenvalue weighted by molar-refractivity contribution is 5.98. The van der Waals surface area contributed by atoms with Gasteiger partial charge in [0.15, 0.2) is 0 Å². The quantitative estimate of drug-likeness (QED) is 0.691. The average molecular weight is 277 g/mol. The van der Waals surface area contributed by atoms with Crippen molar-refractivity contribution in [1.82, 2.24) is 10.3 Å². The average Bonchev–Trinajstić information content (AvgIpc) is 2.86. The lowest BCUT2D eigenvalue weighted by Crippen LogP contribution is -2.35. The van der Waals surface area contributed by atoms with E-state index in [2.05, 4.69) is 10.3 Å². The van der Waals surface area contributed by atoms with Gasteiger partial charge >= 0.3 is 0 Å². The van der Waals surface area contributed by atoms with Crippen LogP contribution in [0.3, 0.4) is 0 Å². The zero-order valence-electron chi connectivity index (χ0n) is 11.6. The van der Waals surface area contributed by atoms with E-state index in [1.165, 1.54) is 0 Å². The summed E-state index contributed by atoms with van der Waals surface area (Å²) in [5, 5.41) is 3.72. The molecule has 0 spiro atoms. The predicted molar refractivity (Wildman–Crippen MR) is 77.7 cm³/mol. The molecule has 1 aromatic heterocycles. The van der Waals surface area contributed by atoms with Gasteiger partial charge in [-0.1, -0.05) is 0 Å². The SMILES string of the molecule is COCC(CNC(=O)c1cc2cc(N)ccc2[nH]1)OC. The van der Waals surface area contributed by atoms with Crippen LogP contribution < -0.4 is 11.1 Å². The Balaban J connectivity index is 2.03. The normalized spacial score (nSPS) is 12.5. The number of carbonyl (C=O) groups excluding carboxylic acids is 1. The van der Waals surface area contributed by atoms with Crippen LogP contribution in [0.1, 0.15) is 10.5 Å². The highest BCUT2D eigenvalue weighted by Crippen LogP contribution is 2.18. The Bertz CT molecular complexity index is 594. The largest absolute Gasteiger partial charge is 0.399 e. The summed E-state index contributed by atoms with van der Waals surface area (Å²) in [7, 11) is 3.18. The second kappa shape index (κ2) is 6.40. The van der Waals surface area contributed by atoms with Gasteiger partial charge in [-0.3, -0.25) is 4.79 Å². The van der Waals surface area contributed by atoms with E-state index in [0.717, 1.165) is 10.9 Å². The van der Waals surface area contributed by atoms with Gasteiger partial charge in [0.05, 0.1) is 12.7 Å². The number of amides is 1. The fourth-order valence-electron chi connectivity index (χ4n) is 1.97. The third kappa shape index (κ3) is 3.28. The molecule has 0 saturated carbocycles. The number of rotatable bonds is 6. The number of nitrogens with one attached hydrogen (secondary N) is 2. The minimum atomic E-state index is -0.182. The molecule has 4 N–H and O–H groups in total. The highest BCUT2D eigenvalue weighted by atomic mass is 16.5. The molecular weight excluding hydrogens is 258 g/mol. The van der Waals surface area contributed by atoms with Gasteiger partial charge in [0, 0.05) is 37.4 Å². The molecule has 0 aliphatic rings. The molecule has 1 unspecified atom stereocenters. The first-order valence-electron chi connectivity index (χ1n) is 6.32. The first-order chi connectivity index (χ1) is 9.63. The lowest BCUT2D eigenvalue weighted by atomic mass is 10.2. The van der Waals surface area contributed by atoms with E-state index in [0.29, 0.717) is 24.5 Å². The number of nitrogens with two attached hydrogens (primary N) is 1. The number of aromatic nitrogens is 1. The molecule has 6 nitrogen and oxygen atoms in total. The Labute approximate surface area is 117 Å². The lowest BCUT2D eigenvalue weighted by Gasteiger charge is -2.14. The van der Waals surface area contributed by atoms with E-state index >= 15 is 0 Å². The summed E-state index contributed by atoms with van der Waals surface area (Å²) >= 11 is 0. The van der Waals surface area contributed by atoms with Crippen molar-refractivity contribution in [3.05, 3.63) is 30.0 Å². The number of nitrogen functional groups attached to an aromatic ring is 1. The predicted octanol–water partition coefficient (Wildman–Crippen LogP) is 1.14. The summed E-state index contributed by atoms with van der Waals surface area (Å²) in [6.45, 7) is 0.820. The molecule has 0 radical (unpaired) electrons. The number of methoxy groups -OCH3 is 2. The van der Waals surface area contributed by atoms with Crippen molar-refractivity contribution >= 4 is 22.5 Å². The van der Waals surface area contributed by atoms with Crippen LogP contribution in [-0.4, -0.2) is 44.4 Å². The minimum absolute atomic E-state index is 0.163. The van der Waals surface area contributed by atoms with Gasteiger partial charge in [-0.25, -0.2) is 0 Å². The Morgan fingerprint density at radius 1 is 1.40 bits per heavy atom. The van der Waals surface area contributed by atoms with Crippen molar-refractivity contribution < 1.29 is 14.3 Å². The van der Waals surface area contributed by atoms with E-state index in [1.54, 1.807) is 26.4 Å². The maximum atomic E-state index is 12.1. The van der Waals surface area contributed by atoms with Gasteiger partial charge in [0.25, 0.3) is 5.91 Å². The first kappa shape index (κ1) is 14.4. The molecule has 0 aliphatic carbocycles. The second-order valence-electron chi connectivity index (χ2n) is 4.55. The van der Waals surface area contributed by atoms with Crippen LogP contribution in [0.4, 0.5) is 5.69 Å². The zero-order chi connectivity index (χ0) is 14.5. The van der Waals surface area contributed by atoms with Crippen molar-refractivity contribution in [1.29, 1.82) is 0 Å². The first-order valence-corrected chi connectivity index (χ1v) is 6.32. The van der Waals surface area contributed by atoms with Crippen molar-refractivity contribution in [3.63, 3.8) is 0 Å². The number of fused-ring (bicyclic) bond motifs is 1. The molecule has 1 atom stereocenters. The molecule has 2 rings (SSSR count). The van der Waals surface area contributed by atoms with Crippen LogP contribution in [0, 0.1) is 0 Å². The fourth-order valence-corrected chi connectivity index (χ4v) is 1.97. The lowest BCUT2D eigenvalue weighted by molar-refractivity contribution is 0.0285. The van der Waals surface area contributed by atoms with Crippen molar-refractivity contribution in [2.24, 2.45) is 0 Å². The smallest absolute Gasteiger partial charge is 0.267 e. The van der Waals surface area contributed by atoms with Crippen LogP contribution in [-0.2, 0) is 9.47 Å². The van der Waals surface area contributed by atoms with E-state index in [9.17, 15) is 4.79 Å². The summed E-state index contributed by atoms with van der Waals surface area (Å²) in [6.07, 6.45) is -0.163. The van der Waals surface area contributed by atoms with Crippen molar-refractivity contribution in [2.45, 2.75) is 6.10 Å². The van der Waals surface area contributed by atoms with Crippen LogP contribution >= 0.6 is 0 Å². The molecule has 1 aromatic carbocycles. The number of aromatic amines is 1. The molecule has 6 heteroatoms. The summed E-state index contributed by atoms with van der Waals surface area (Å²) in [5.41, 5.74) is 7.76. The molecule has 2 aromatic rings. The van der Waals surface area contributed by atoms with E-state index in [1.807, 2.05) is 12.1 Å². The second-order valence-corrected chi connectivity index (χ2v) is 4.55. The molecule has 0 aliphatic heterocycles. The number of H-pyrrole nitrogens is 1. The third-order valence-electron chi connectivity index (χ3n) is 3.07. The molecule has 0 fully saturated rings. The standard InChI is InChI=1S/C14H19N3O3/c1-19-8-11(20-2)7-16-14(18)13-6-9-5-10(15)3-4-12(9)17-13/h3-6,11,17H,7-8,15H2,1-2H3,(H,16,18). The van der Waals surface area contributed by atoms with Crippen LogP contribution in [0.15, 0.2) is 24.3 Å². The zero-order valence-corrected chi connectivity index (χ0v) is 11.6. The summed E-state index contributed by atoms with van der Waals surface area (Å²) in [6, 6.07) is 7.25. The topological polar surface area (TPSA) is 89.4 Å². The third-order valence-corrected chi connectivity index (χ3v) is 3.07. The van der Waals surface area contributed by atoms with Gasteiger partial charge in [-0.05, 0) is 24.3 Å². The summed E-state index contributed by atoms with van der Waals surface area (Å²) in [5.74, 6) is -0.182. The molecule has 0 saturated heterocycles. The monoisotopic (exact) mass is 277 g/mol. The van der Waals surface area contributed by atoms with Gasteiger partial charge < -0.3 is 25.5 Å². The van der Waals surface area contributed by atoms with Gasteiger partial charge in [-0.15, -0.1) is 0 Å². The van der Waals surface area contributed by atoms with Gasteiger partial charge in [0.2, 0.25) is 0 Å². The van der Waals surface area contributed by atoms with Crippen LogP contribution in [0.25, 0.3) is 10.9 Å². The summed E-state index contributed by atoms with van der Waals surface area (Å²) < 4.78 is 10.2. The Kier molecular flexibility index (Phi) is 4.60. The molecule has 0 bridgehead atoms.